The molecule has 3 heterocycles. The Labute approximate surface area is 177 Å². The monoisotopic (exact) mass is 413 g/mol. The Kier molecular flexibility index (Phi) is 5.24. The van der Waals surface area contributed by atoms with Crippen LogP contribution in [0.1, 0.15) is 57.9 Å². The van der Waals surface area contributed by atoms with E-state index in [4.69, 9.17) is 4.74 Å². The van der Waals surface area contributed by atoms with Gasteiger partial charge < -0.3 is 14.5 Å². The number of ether oxygens (including phenoxy) is 1. The van der Waals surface area contributed by atoms with Crippen LogP contribution in [-0.2, 0) is 14.3 Å². The molecule has 7 heteroatoms. The molecule has 1 aromatic rings. The summed E-state index contributed by atoms with van der Waals surface area (Å²) in [5, 5.41) is 2.43. The SMILES string of the molecule is CC(C)(C)OC(=O)N1CC2(CCN(c3ccc(C4CCC(=O)NC4=O)cc3)CC2)C1. The third-order valence-electron chi connectivity index (χ3n) is 6.43. The lowest BCUT2D eigenvalue weighted by molar-refractivity contribution is -0.134. The van der Waals surface area contributed by atoms with Gasteiger partial charge in [0.05, 0.1) is 5.92 Å². The third-order valence-corrected chi connectivity index (χ3v) is 6.43. The lowest BCUT2D eigenvalue weighted by atomic mass is 9.72. The first-order valence-electron chi connectivity index (χ1n) is 10.8. The Morgan fingerprint density at radius 3 is 2.30 bits per heavy atom. The van der Waals surface area contributed by atoms with Gasteiger partial charge in [0.15, 0.2) is 0 Å². The average Bonchev–Trinajstić information content (AvgIpc) is 2.65. The van der Waals surface area contributed by atoms with Crippen molar-refractivity contribution in [1.29, 1.82) is 0 Å². The van der Waals surface area contributed by atoms with Gasteiger partial charge in [0.2, 0.25) is 11.8 Å². The van der Waals surface area contributed by atoms with Crippen LogP contribution in [0.2, 0.25) is 0 Å². The molecule has 1 N–H and O–H groups in total. The number of anilines is 1. The van der Waals surface area contributed by atoms with Crippen LogP contribution in [0, 0.1) is 5.41 Å². The highest BCUT2D eigenvalue weighted by Crippen LogP contribution is 2.42. The fourth-order valence-corrected chi connectivity index (χ4v) is 4.70. The highest BCUT2D eigenvalue weighted by Gasteiger charge is 2.47. The average molecular weight is 414 g/mol. The maximum atomic E-state index is 12.2. The van der Waals surface area contributed by atoms with Crippen molar-refractivity contribution >= 4 is 23.6 Å². The van der Waals surface area contributed by atoms with Crippen molar-refractivity contribution < 1.29 is 19.1 Å². The molecule has 7 nitrogen and oxygen atoms in total. The third kappa shape index (κ3) is 4.30. The number of amides is 3. The summed E-state index contributed by atoms with van der Waals surface area (Å²) in [6.45, 7) is 9.16. The van der Waals surface area contributed by atoms with E-state index in [9.17, 15) is 14.4 Å². The number of piperidine rings is 2. The van der Waals surface area contributed by atoms with Crippen LogP contribution in [-0.4, -0.2) is 54.6 Å². The number of nitrogens with one attached hydrogen (secondary N) is 1. The van der Waals surface area contributed by atoms with Crippen LogP contribution in [0.4, 0.5) is 10.5 Å². The van der Waals surface area contributed by atoms with Gasteiger partial charge in [-0.05, 0) is 57.7 Å². The molecular weight excluding hydrogens is 382 g/mol. The van der Waals surface area contributed by atoms with Crippen molar-refractivity contribution in [2.75, 3.05) is 31.1 Å². The molecule has 0 radical (unpaired) electrons. The quantitative estimate of drug-likeness (QED) is 0.754. The van der Waals surface area contributed by atoms with Gasteiger partial charge in [0.1, 0.15) is 5.60 Å². The Morgan fingerprint density at radius 2 is 1.73 bits per heavy atom. The minimum absolute atomic E-state index is 0.184. The van der Waals surface area contributed by atoms with E-state index >= 15 is 0 Å². The van der Waals surface area contributed by atoms with Gasteiger partial charge in [-0.15, -0.1) is 0 Å². The van der Waals surface area contributed by atoms with Gasteiger partial charge >= 0.3 is 6.09 Å². The molecular formula is C23H31N3O4. The topological polar surface area (TPSA) is 79.0 Å². The normalized spacial score (nSPS) is 23.8. The van der Waals surface area contributed by atoms with Crippen LogP contribution in [0.25, 0.3) is 0 Å². The Hall–Kier alpha value is -2.57. The van der Waals surface area contributed by atoms with Gasteiger partial charge in [0, 0.05) is 43.7 Å². The molecule has 3 fully saturated rings. The van der Waals surface area contributed by atoms with E-state index in [0.717, 1.165) is 50.3 Å². The molecule has 0 aliphatic carbocycles. The number of nitrogens with zero attached hydrogens (tertiary/aromatic N) is 2. The van der Waals surface area contributed by atoms with E-state index in [1.807, 2.05) is 37.8 Å². The van der Waals surface area contributed by atoms with Crippen molar-refractivity contribution in [2.24, 2.45) is 5.41 Å². The lowest BCUT2D eigenvalue weighted by Crippen LogP contribution is -2.62. The summed E-state index contributed by atoms with van der Waals surface area (Å²) >= 11 is 0. The highest BCUT2D eigenvalue weighted by molar-refractivity contribution is 6.00. The molecule has 1 aromatic carbocycles. The second-order valence-electron chi connectivity index (χ2n) is 9.92. The summed E-state index contributed by atoms with van der Waals surface area (Å²) in [4.78, 5) is 39.8. The van der Waals surface area contributed by atoms with Crippen LogP contribution < -0.4 is 10.2 Å². The van der Waals surface area contributed by atoms with Crippen LogP contribution in [0.5, 0.6) is 0 Å². The molecule has 0 aromatic heterocycles. The standard InChI is InChI=1S/C23H31N3O4/c1-22(2,3)30-21(29)26-14-23(15-26)10-12-25(13-11-23)17-6-4-16(5-7-17)18-8-9-19(27)24-20(18)28/h4-7,18H,8-15H2,1-3H3,(H,24,27,28). The molecule has 3 saturated heterocycles. The Balaban J connectivity index is 1.29. The van der Waals surface area contributed by atoms with E-state index in [0.29, 0.717) is 12.8 Å². The van der Waals surface area contributed by atoms with Crippen molar-refractivity contribution in [1.82, 2.24) is 10.2 Å². The maximum absolute atomic E-state index is 12.2. The fraction of sp³-hybridized carbons (Fsp3) is 0.609. The van der Waals surface area contributed by atoms with E-state index in [1.165, 1.54) is 0 Å². The zero-order chi connectivity index (χ0) is 21.5. The van der Waals surface area contributed by atoms with Crippen LogP contribution in [0.3, 0.4) is 0 Å². The number of imide groups is 1. The Bertz CT molecular complexity index is 827. The largest absolute Gasteiger partial charge is 0.444 e. The number of hydrogen-bond donors (Lipinski definition) is 1. The molecule has 30 heavy (non-hydrogen) atoms. The molecule has 3 aliphatic rings. The fourth-order valence-electron chi connectivity index (χ4n) is 4.70. The minimum Gasteiger partial charge on any atom is -0.444 e. The van der Waals surface area contributed by atoms with Crippen molar-refractivity contribution in [2.45, 2.75) is 58.0 Å². The number of benzene rings is 1. The van der Waals surface area contributed by atoms with Crippen LogP contribution in [0.15, 0.2) is 24.3 Å². The summed E-state index contributed by atoms with van der Waals surface area (Å²) in [6, 6.07) is 8.16. The smallest absolute Gasteiger partial charge is 0.410 e. The van der Waals surface area contributed by atoms with Crippen molar-refractivity contribution in [3.63, 3.8) is 0 Å². The molecule has 162 valence electrons. The first-order chi connectivity index (χ1) is 14.1. The maximum Gasteiger partial charge on any atom is 0.410 e. The second kappa shape index (κ2) is 7.60. The van der Waals surface area contributed by atoms with Crippen molar-refractivity contribution in [3.05, 3.63) is 29.8 Å². The first-order valence-corrected chi connectivity index (χ1v) is 10.8. The zero-order valence-corrected chi connectivity index (χ0v) is 18.1. The summed E-state index contributed by atoms with van der Waals surface area (Å²) in [6.07, 6.45) is 2.87. The number of hydrogen-bond acceptors (Lipinski definition) is 5. The molecule has 1 atom stereocenters. The number of carbonyl (C=O) groups is 3. The Morgan fingerprint density at radius 1 is 1.10 bits per heavy atom. The van der Waals surface area contributed by atoms with Gasteiger partial charge in [-0.1, -0.05) is 12.1 Å². The number of likely N-dealkylation sites (tertiary alicyclic amines) is 1. The van der Waals surface area contributed by atoms with Crippen molar-refractivity contribution in [3.8, 4) is 0 Å². The molecule has 3 amide bonds. The minimum atomic E-state index is -0.455. The second-order valence-corrected chi connectivity index (χ2v) is 9.92. The molecule has 0 bridgehead atoms. The van der Waals surface area contributed by atoms with Gasteiger partial charge in [-0.2, -0.15) is 0 Å². The summed E-state index contributed by atoms with van der Waals surface area (Å²) < 4.78 is 5.47. The first kappa shape index (κ1) is 20.7. The van der Waals surface area contributed by atoms with E-state index in [1.54, 1.807) is 0 Å². The van der Waals surface area contributed by atoms with Gasteiger partial charge in [0.25, 0.3) is 0 Å². The predicted molar refractivity (Wildman–Crippen MR) is 113 cm³/mol. The predicted octanol–water partition coefficient (Wildman–Crippen LogP) is 3.04. The number of rotatable bonds is 2. The van der Waals surface area contributed by atoms with E-state index in [2.05, 4.69) is 22.3 Å². The molecule has 1 unspecified atom stereocenters. The molecule has 0 saturated carbocycles. The summed E-state index contributed by atoms with van der Waals surface area (Å²) in [5.41, 5.74) is 1.89. The molecule has 4 rings (SSSR count). The zero-order valence-electron chi connectivity index (χ0n) is 18.1. The van der Waals surface area contributed by atoms with Gasteiger partial charge in [-0.3, -0.25) is 14.9 Å². The number of carbonyl (C=O) groups excluding carboxylic acids is 3. The van der Waals surface area contributed by atoms with Gasteiger partial charge in [-0.25, -0.2) is 4.79 Å². The highest BCUT2D eigenvalue weighted by atomic mass is 16.6. The lowest BCUT2D eigenvalue weighted by Gasteiger charge is -2.54. The summed E-state index contributed by atoms with van der Waals surface area (Å²) in [7, 11) is 0. The molecule has 3 aliphatic heterocycles. The van der Waals surface area contributed by atoms with E-state index in [-0.39, 0.29) is 29.2 Å². The summed E-state index contributed by atoms with van der Waals surface area (Å²) in [5.74, 6) is -0.620. The molecule has 1 spiro atoms. The van der Waals surface area contributed by atoms with Crippen LogP contribution >= 0.6 is 0 Å². The van der Waals surface area contributed by atoms with E-state index < -0.39 is 5.60 Å².